The maximum absolute atomic E-state index is 11.6. The van der Waals surface area contributed by atoms with Gasteiger partial charge in [-0.25, -0.2) is 5.06 Å². The molecular weight excluding hydrogens is 178 g/mol. The molecule has 3 nitrogen and oxygen atoms in total. The lowest BCUT2D eigenvalue weighted by molar-refractivity contribution is -0.177. The van der Waals surface area contributed by atoms with E-state index in [9.17, 15) is 4.79 Å². The predicted octanol–water partition coefficient (Wildman–Crippen LogP) is 1.42. The Bertz CT molecular complexity index is 176. The van der Waals surface area contributed by atoms with E-state index in [0.29, 0.717) is 19.0 Å². The van der Waals surface area contributed by atoms with Crippen LogP contribution in [0.25, 0.3) is 0 Å². The molecule has 1 fully saturated rings. The third-order valence-electron chi connectivity index (χ3n) is 1.89. The molecule has 0 spiro atoms. The van der Waals surface area contributed by atoms with E-state index >= 15 is 0 Å². The topological polar surface area (TPSA) is 29.5 Å². The minimum absolute atomic E-state index is 0.0185. The maximum atomic E-state index is 11.6. The number of halogens is 1. The van der Waals surface area contributed by atoms with Crippen molar-refractivity contribution in [2.75, 3.05) is 19.0 Å². The minimum atomic E-state index is -0.508. The number of hydroxylamine groups is 2. The summed E-state index contributed by atoms with van der Waals surface area (Å²) in [4.78, 5) is 16.7. The molecule has 70 valence electrons. The summed E-state index contributed by atoms with van der Waals surface area (Å²) in [6, 6.07) is 0. The maximum Gasteiger partial charge on any atom is 0.252 e. The Hall–Kier alpha value is -0.280. The van der Waals surface area contributed by atoms with Crippen LogP contribution in [-0.2, 0) is 9.63 Å². The lowest BCUT2D eigenvalue weighted by Crippen LogP contribution is -2.39. The van der Waals surface area contributed by atoms with Crippen LogP contribution in [0.1, 0.15) is 20.3 Å². The second kappa shape index (κ2) is 3.62. The molecule has 4 heteroatoms. The molecule has 12 heavy (non-hydrogen) atoms. The van der Waals surface area contributed by atoms with Gasteiger partial charge in [0.2, 0.25) is 0 Å². The summed E-state index contributed by atoms with van der Waals surface area (Å²) in [5.74, 6) is 0.307. The Labute approximate surface area is 77.6 Å². The Morgan fingerprint density at radius 2 is 2.33 bits per heavy atom. The van der Waals surface area contributed by atoms with Gasteiger partial charge in [-0.05, 0) is 20.3 Å². The first kappa shape index (κ1) is 9.81. The van der Waals surface area contributed by atoms with Gasteiger partial charge in [0.05, 0.1) is 18.6 Å². The first-order valence-electron chi connectivity index (χ1n) is 4.09. The number of carbonyl (C=O) groups excluding carboxylic acids is 1. The van der Waals surface area contributed by atoms with E-state index in [4.69, 9.17) is 16.4 Å². The molecule has 1 saturated heterocycles. The summed E-state index contributed by atoms with van der Waals surface area (Å²) >= 11 is 5.66. The number of carbonyl (C=O) groups is 1. The fraction of sp³-hybridized carbons (Fsp3) is 0.875. The van der Waals surface area contributed by atoms with Gasteiger partial charge in [-0.15, -0.1) is 11.6 Å². The molecule has 1 heterocycles. The molecule has 0 aromatic heterocycles. The summed E-state index contributed by atoms with van der Waals surface area (Å²) in [5.41, 5.74) is -0.508. The average molecular weight is 192 g/mol. The normalized spacial score (nSPS) is 18.4. The molecule has 1 aliphatic rings. The van der Waals surface area contributed by atoms with Crippen LogP contribution in [0.4, 0.5) is 0 Å². The van der Waals surface area contributed by atoms with Crippen molar-refractivity contribution < 1.29 is 9.63 Å². The lowest BCUT2D eigenvalue weighted by Gasteiger charge is -2.25. The van der Waals surface area contributed by atoms with Crippen LogP contribution in [-0.4, -0.2) is 30.0 Å². The zero-order chi connectivity index (χ0) is 9.19. The van der Waals surface area contributed by atoms with Crippen LogP contribution < -0.4 is 0 Å². The van der Waals surface area contributed by atoms with Crippen molar-refractivity contribution in [3.8, 4) is 0 Å². The van der Waals surface area contributed by atoms with Gasteiger partial charge >= 0.3 is 0 Å². The molecule has 0 aromatic carbocycles. The summed E-state index contributed by atoms with van der Waals surface area (Å²) in [7, 11) is 0. The first-order chi connectivity index (χ1) is 5.58. The van der Waals surface area contributed by atoms with Gasteiger partial charge in [-0.1, -0.05) is 0 Å². The van der Waals surface area contributed by atoms with Crippen molar-refractivity contribution in [1.29, 1.82) is 0 Å². The molecule has 1 rings (SSSR count). The van der Waals surface area contributed by atoms with E-state index in [1.54, 1.807) is 0 Å². The molecule has 1 aliphatic heterocycles. The zero-order valence-corrected chi connectivity index (χ0v) is 8.23. The Kier molecular flexibility index (Phi) is 2.96. The quantitative estimate of drug-likeness (QED) is 0.618. The van der Waals surface area contributed by atoms with Crippen molar-refractivity contribution in [1.82, 2.24) is 5.06 Å². The molecule has 0 saturated carbocycles. The number of alkyl halides is 1. The van der Waals surface area contributed by atoms with E-state index in [1.165, 1.54) is 5.06 Å². The van der Waals surface area contributed by atoms with Crippen molar-refractivity contribution in [3.05, 3.63) is 0 Å². The van der Waals surface area contributed by atoms with Crippen LogP contribution in [0.15, 0.2) is 0 Å². The second-order valence-corrected chi connectivity index (χ2v) is 3.88. The summed E-state index contributed by atoms with van der Waals surface area (Å²) in [6.45, 7) is 4.98. The molecule has 0 bridgehead atoms. The molecule has 0 aromatic rings. The molecule has 0 aliphatic carbocycles. The number of hydrogen-bond acceptors (Lipinski definition) is 2. The molecule has 1 amide bonds. The monoisotopic (exact) mass is 191 g/mol. The highest BCUT2D eigenvalue weighted by molar-refractivity contribution is 6.19. The summed E-state index contributed by atoms with van der Waals surface area (Å²) in [5, 5.41) is 1.42. The summed E-state index contributed by atoms with van der Waals surface area (Å²) < 4.78 is 0. The highest BCUT2D eigenvalue weighted by Gasteiger charge is 2.33. The van der Waals surface area contributed by atoms with Gasteiger partial charge in [0.25, 0.3) is 5.91 Å². The van der Waals surface area contributed by atoms with E-state index in [1.807, 2.05) is 13.8 Å². The van der Waals surface area contributed by atoms with Crippen molar-refractivity contribution in [2.45, 2.75) is 20.3 Å². The Balaban J connectivity index is 2.56. The standard InChI is InChI=1S/C8H14ClNO2/c1-8(2,6-9)7(11)10-4-3-5-12-10/h3-6H2,1-2H3. The van der Waals surface area contributed by atoms with E-state index in [0.717, 1.165) is 6.42 Å². The third-order valence-corrected chi connectivity index (χ3v) is 2.56. The molecule has 0 N–H and O–H groups in total. The number of nitrogens with zero attached hydrogens (tertiary/aromatic N) is 1. The van der Waals surface area contributed by atoms with Gasteiger partial charge < -0.3 is 0 Å². The minimum Gasteiger partial charge on any atom is -0.272 e. The van der Waals surface area contributed by atoms with Gasteiger partial charge in [-0.2, -0.15) is 0 Å². The Morgan fingerprint density at radius 3 is 2.75 bits per heavy atom. The average Bonchev–Trinajstić information content (AvgIpc) is 2.55. The van der Waals surface area contributed by atoms with Crippen LogP contribution >= 0.6 is 11.6 Å². The highest BCUT2D eigenvalue weighted by atomic mass is 35.5. The van der Waals surface area contributed by atoms with Gasteiger partial charge in [0.15, 0.2) is 0 Å². The van der Waals surface area contributed by atoms with E-state index in [-0.39, 0.29) is 5.91 Å². The SMILES string of the molecule is CC(C)(CCl)C(=O)N1CCCO1. The van der Waals surface area contributed by atoms with Gasteiger partial charge in [0.1, 0.15) is 0 Å². The van der Waals surface area contributed by atoms with Crippen molar-refractivity contribution in [3.63, 3.8) is 0 Å². The fourth-order valence-electron chi connectivity index (χ4n) is 1.00. The highest BCUT2D eigenvalue weighted by Crippen LogP contribution is 2.22. The van der Waals surface area contributed by atoms with Gasteiger partial charge in [0, 0.05) is 5.88 Å². The molecule has 0 atom stereocenters. The molecule has 0 unspecified atom stereocenters. The summed E-state index contributed by atoms with van der Waals surface area (Å²) in [6.07, 6.45) is 0.921. The lowest BCUT2D eigenvalue weighted by atomic mass is 9.95. The van der Waals surface area contributed by atoms with E-state index < -0.39 is 5.41 Å². The van der Waals surface area contributed by atoms with Crippen LogP contribution in [0, 0.1) is 5.41 Å². The van der Waals surface area contributed by atoms with Crippen LogP contribution in [0.2, 0.25) is 0 Å². The smallest absolute Gasteiger partial charge is 0.252 e. The number of hydrogen-bond donors (Lipinski definition) is 0. The largest absolute Gasteiger partial charge is 0.272 e. The zero-order valence-electron chi connectivity index (χ0n) is 7.47. The number of rotatable bonds is 2. The Morgan fingerprint density at radius 1 is 1.67 bits per heavy atom. The molecular formula is C8H14ClNO2. The van der Waals surface area contributed by atoms with Crippen molar-refractivity contribution in [2.24, 2.45) is 5.41 Å². The van der Waals surface area contributed by atoms with Crippen LogP contribution in [0.3, 0.4) is 0 Å². The fourth-order valence-corrected chi connectivity index (χ4v) is 1.12. The first-order valence-corrected chi connectivity index (χ1v) is 4.62. The van der Waals surface area contributed by atoms with E-state index in [2.05, 4.69) is 0 Å². The van der Waals surface area contributed by atoms with Crippen LogP contribution in [0.5, 0.6) is 0 Å². The van der Waals surface area contributed by atoms with Gasteiger partial charge in [-0.3, -0.25) is 9.63 Å². The second-order valence-electron chi connectivity index (χ2n) is 3.61. The third kappa shape index (κ3) is 1.90. The molecule has 0 radical (unpaired) electrons. The number of amides is 1. The predicted molar refractivity (Wildman–Crippen MR) is 46.8 cm³/mol. The van der Waals surface area contributed by atoms with Crippen molar-refractivity contribution >= 4 is 17.5 Å².